The second-order valence-corrected chi connectivity index (χ2v) is 17.4. The Balaban J connectivity index is 2.65. The minimum absolute atomic E-state index is 0.0497. The molecule has 51 heavy (non-hydrogen) atoms. The summed E-state index contributed by atoms with van der Waals surface area (Å²) in [6, 6.07) is 0. The zero-order valence-electron chi connectivity index (χ0n) is 32.6. The lowest BCUT2D eigenvalue weighted by atomic mass is 9.59. The first-order chi connectivity index (χ1) is 23.2. The molecule has 282 valence electrons. The van der Waals surface area contributed by atoms with Crippen LogP contribution in [0.1, 0.15) is 155 Å². The Bertz CT molecular complexity index is 1730. The minimum Gasteiger partial charge on any atom is -0.511 e. The Morgan fingerprint density at radius 3 is 1.47 bits per heavy atom. The molecule has 0 aliphatic heterocycles. The predicted octanol–water partition coefficient (Wildman–Crippen LogP) is 8.47. The lowest BCUT2D eigenvalue weighted by molar-refractivity contribution is -0.146. The third kappa shape index (κ3) is 6.52. The van der Waals surface area contributed by atoms with Gasteiger partial charge in [-0.25, -0.2) is 0 Å². The van der Waals surface area contributed by atoms with Crippen LogP contribution in [-0.2, 0) is 19.2 Å². The van der Waals surface area contributed by atoms with Gasteiger partial charge in [0.2, 0.25) is 0 Å². The maximum absolute atomic E-state index is 14.2. The molecule has 0 amide bonds. The highest BCUT2D eigenvalue weighted by Crippen LogP contribution is 2.58. The number of rotatable bonds is 12. The van der Waals surface area contributed by atoms with E-state index >= 15 is 0 Å². The molecule has 10 heteroatoms. The molecular formula is C41H58O10. The Morgan fingerprint density at radius 2 is 1.04 bits per heavy atom. The molecule has 0 aromatic heterocycles. The number of hydrogen-bond acceptors (Lipinski definition) is 10. The van der Waals surface area contributed by atoms with E-state index in [2.05, 4.69) is 0 Å². The van der Waals surface area contributed by atoms with Crippen molar-refractivity contribution in [2.45, 2.75) is 134 Å². The second-order valence-electron chi connectivity index (χ2n) is 17.4. The third-order valence-corrected chi connectivity index (χ3v) is 11.1. The number of hydrogen-bond donors (Lipinski definition) is 5. The SMILES string of the molecule is CCCCCC(=O)c1c(O)c([C@@H](CC(C)C)C2=C(O)C(C)(C)C(=O)C(C)(C)C2=O)c(O)c([C@H](C2=C(O)C(C)(C)C(=O)C(C)(C)C2=O)C(C)C)c1O. The molecule has 2 aliphatic rings. The Morgan fingerprint density at radius 1 is 0.608 bits per heavy atom. The van der Waals surface area contributed by atoms with Crippen molar-refractivity contribution < 1.29 is 49.5 Å². The molecule has 0 radical (unpaired) electrons. The average Bonchev–Trinajstić information content (AvgIpc) is 3.01. The van der Waals surface area contributed by atoms with Crippen molar-refractivity contribution in [3.8, 4) is 17.2 Å². The predicted molar refractivity (Wildman–Crippen MR) is 194 cm³/mol. The van der Waals surface area contributed by atoms with Crippen molar-refractivity contribution in [3.63, 3.8) is 0 Å². The van der Waals surface area contributed by atoms with Crippen LogP contribution in [0.3, 0.4) is 0 Å². The van der Waals surface area contributed by atoms with E-state index in [1.807, 2.05) is 20.8 Å². The zero-order valence-corrected chi connectivity index (χ0v) is 32.6. The van der Waals surface area contributed by atoms with E-state index in [1.165, 1.54) is 55.4 Å². The van der Waals surface area contributed by atoms with E-state index in [0.717, 1.165) is 6.42 Å². The van der Waals surface area contributed by atoms with E-state index in [9.17, 15) is 49.5 Å². The zero-order chi connectivity index (χ0) is 39.5. The highest BCUT2D eigenvalue weighted by atomic mass is 16.3. The van der Waals surface area contributed by atoms with Crippen molar-refractivity contribution in [3.05, 3.63) is 39.4 Å². The first-order valence-electron chi connectivity index (χ1n) is 18.1. The van der Waals surface area contributed by atoms with Crippen LogP contribution in [0, 0.1) is 33.5 Å². The molecular weight excluding hydrogens is 652 g/mol. The highest BCUT2D eigenvalue weighted by molar-refractivity contribution is 6.20. The number of ketones is 5. The van der Waals surface area contributed by atoms with Crippen molar-refractivity contribution in [1.82, 2.24) is 0 Å². The van der Waals surface area contributed by atoms with Gasteiger partial charge in [0.1, 0.15) is 34.3 Å². The van der Waals surface area contributed by atoms with Crippen LogP contribution >= 0.6 is 0 Å². The molecule has 0 saturated carbocycles. The number of benzene rings is 1. The van der Waals surface area contributed by atoms with Crippen LogP contribution in [0.2, 0.25) is 0 Å². The van der Waals surface area contributed by atoms with Crippen molar-refractivity contribution >= 4 is 28.9 Å². The molecule has 1 aromatic carbocycles. The summed E-state index contributed by atoms with van der Waals surface area (Å²) in [5, 5.41) is 59.8. The third-order valence-electron chi connectivity index (χ3n) is 11.1. The van der Waals surface area contributed by atoms with Crippen LogP contribution in [-0.4, -0.2) is 54.4 Å². The van der Waals surface area contributed by atoms with Crippen molar-refractivity contribution in [2.75, 3.05) is 0 Å². The number of aromatic hydroxyl groups is 3. The van der Waals surface area contributed by atoms with E-state index in [0.29, 0.717) is 12.8 Å². The van der Waals surface area contributed by atoms with E-state index in [1.54, 1.807) is 13.8 Å². The van der Waals surface area contributed by atoms with Crippen molar-refractivity contribution in [2.24, 2.45) is 33.5 Å². The molecule has 0 fully saturated rings. The summed E-state index contributed by atoms with van der Waals surface area (Å²) in [4.78, 5) is 69.3. The maximum Gasteiger partial charge on any atom is 0.175 e. The van der Waals surface area contributed by atoms with Gasteiger partial charge in [-0.1, -0.05) is 47.5 Å². The first-order valence-corrected chi connectivity index (χ1v) is 18.1. The molecule has 0 saturated heterocycles. The van der Waals surface area contributed by atoms with Crippen LogP contribution in [0.4, 0.5) is 0 Å². The number of aliphatic hydroxyl groups excluding tert-OH is 2. The number of phenols is 3. The van der Waals surface area contributed by atoms with Gasteiger partial charge in [0.15, 0.2) is 28.9 Å². The van der Waals surface area contributed by atoms with Crippen LogP contribution in [0.15, 0.2) is 22.7 Å². The number of allylic oxidation sites excluding steroid dienone is 4. The first kappa shape index (κ1) is 41.5. The summed E-state index contributed by atoms with van der Waals surface area (Å²) in [5.74, 6) is -9.98. The van der Waals surface area contributed by atoms with Gasteiger partial charge >= 0.3 is 0 Å². The molecule has 10 nitrogen and oxygen atoms in total. The topological polar surface area (TPSA) is 186 Å². The van der Waals surface area contributed by atoms with Gasteiger partial charge < -0.3 is 25.5 Å². The lowest BCUT2D eigenvalue weighted by Crippen LogP contribution is -2.50. The summed E-state index contributed by atoms with van der Waals surface area (Å²) in [6.07, 6.45) is 1.85. The minimum atomic E-state index is -1.60. The van der Waals surface area contributed by atoms with Gasteiger partial charge in [-0.3, -0.25) is 24.0 Å². The van der Waals surface area contributed by atoms with E-state index in [4.69, 9.17) is 0 Å². The fraction of sp³-hybridized carbons (Fsp3) is 0.634. The number of carbonyl (C=O) groups excluding carboxylic acids is 5. The Labute approximate surface area is 302 Å². The number of carbonyl (C=O) groups is 5. The van der Waals surface area contributed by atoms with Gasteiger partial charge in [0.25, 0.3) is 0 Å². The molecule has 0 spiro atoms. The molecule has 0 unspecified atom stereocenters. The summed E-state index contributed by atoms with van der Waals surface area (Å²) in [7, 11) is 0. The molecule has 0 bridgehead atoms. The summed E-state index contributed by atoms with van der Waals surface area (Å²) >= 11 is 0. The molecule has 3 rings (SSSR count). The normalized spacial score (nSPS) is 21.2. The van der Waals surface area contributed by atoms with E-state index in [-0.39, 0.29) is 41.0 Å². The smallest absolute Gasteiger partial charge is 0.175 e. The summed E-state index contributed by atoms with van der Waals surface area (Å²) < 4.78 is 0. The standard InChI is InChI=1S/C41H58O10/c1-14-15-16-17-22(42)26-29(43)24(21(18-19(2)3)25-32(46)38(6,7)36(50)39(8,9)33(25)47)30(44)27(31(26)45)23(20(4)5)28-34(48)40(10,11)37(51)41(12,13)35(28)49/h19-21,23,43-46,48H,14-18H2,1-13H3/t21-,23-/m1/s1. The molecule has 1 aromatic rings. The summed E-state index contributed by atoms with van der Waals surface area (Å²) in [6.45, 7) is 20.7. The average molecular weight is 711 g/mol. The molecule has 2 atom stereocenters. The molecule has 2 aliphatic carbocycles. The largest absolute Gasteiger partial charge is 0.511 e. The highest BCUT2D eigenvalue weighted by Gasteiger charge is 2.57. The van der Waals surface area contributed by atoms with Crippen molar-refractivity contribution in [1.29, 1.82) is 0 Å². The number of aliphatic hydroxyl groups is 2. The van der Waals surface area contributed by atoms with Crippen LogP contribution in [0.5, 0.6) is 17.2 Å². The fourth-order valence-electron chi connectivity index (χ4n) is 8.12. The van der Waals surface area contributed by atoms with Gasteiger partial charge in [0, 0.05) is 40.5 Å². The van der Waals surface area contributed by atoms with E-state index < -0.39 is 103 Å². The quantitative estimate of drug-likeness (QED) is 0.0800. The lowest BCUT2D eigenvalue weighted by Gasteiger charge is -2.42. The van der Waals surface area contributed by atoms with Gasteiger partial charge in [-0.2, -0.15) is 0 Å². The number of phenolic OH excluding ortho intramolecular Hbond substituents is 3. The number of unbranched alkanes of at least 4 members (excludes halogenated alkanes) is 2. The summed E-state index contributed by atoms with van der Waals surface area (Å²) in [5.41, 5.74) is -7.88. The molecule has 5 N–H and O–H groups in total. The van der Waals surface area contributed by atoms with Gasteiger partial charge in [-0.05, 0) is 80.1 Å². The van der Waals surface area contributed by atoms with Gasteiger partial charge in [0.05, 0.1) is 21.7 Å². The van der Waals surface area contributed by atoms with Crippen LogP contribution in [0.25, 0.3) is 0 Å². The monoisotopic (exact) mass is 710 g/mol. The fourth-order valence-corrected chi connectivity index (χ4v) is 8.12. The second kappa shape index (κ2) is 13.9. The number of Topliss-reactive ketones (excluding diaryl/α,β-unsaturated/α-hetero) is 5. The molecule has 0 heterocycles. The maximum atomic E-state index is 14.2. The van der Waals surface area contributed by atoms with Crippen LogP contribution < -0.4 is 0 Å². The Kier molecular flexibility index (Phi) is 11.3. The van der Waals surface area contributed by atoms with Gasteiger partial charge in [-0.15, -0.1) is 0 Å². The Hall–Kier alpha value is -3.95.